The summed E-state index contributed by atoms with van der Waals surface area (Å²) < 4.78 is 81.4. The summed E-state index contributed by atoms with van der Waals surface area (Å²) in [4.78, 5) is 0. The van der Waals surface area contributed by atoms with Crippen molar-refractivity contribution in [2.45, 2.75) is 12.4 Å². The number of hydrogen-bond acceptors (Lipinski definition) is 3. The Kier molecular flexibility index (Phi) is 4.70. The molecule has 10 heteroatoms. The van der Waals surface area contributed by atoms with Gasteiger partial charge in [0.2, 0.25) is 0 Å². The first-order chi connectivity index (χ1) is 11.0. The van der Waals surface area contributed by atoms with Crippen LogP contribution in [0.3, 0.4) is 0 Å². The second-order valence-electron chi connectivity index (χ2n) is 4.78. The second kappa shape index (κ2) is 6.27. The number of aromatic hydroxyl groups is 1. The highest BCUT2D eigenvalue weighted by Crippen LogP contribution is 2.35. The Hall–Kier alpha value is -2.36. The standard InChI is InChI=1S/C14H9BF6O3/c16-13(17,18)8-5-9(14(19,20)21)7-10(6-8)15(23)24-12-4-2-1-3-11(12)22/h1-7,22-23H. The molecule has 2 aromatic rings. The van der Waals surface area contributed by atoms with E-state index in [-0.39, 0.29) is 11.8 Å². The van der Waals surface area contributed by atoms with Crippen LogP contribution < -0.4 is 10.1 Å². The minimum Gasteiger partial charge on any atom is -0.530 e. The van der Waals surface area contributed by atoms with Crippen LogP contribution in [0.4, 0.5) is 26.3 Å². The van der Waals surface area contributed by atoms with Gasteiger partial charge in [0.05, 0.1) is 11.1 Å². The molecule has 0 aliphatic rings. The zero-order valence-corrected chi connectivity index (χ0v) is 11.7. The van der Waals surface area contributed by atoms with E-state index in [1.165, 1.54) is 24.3 Å². The molecular weight excluding hydrogens is 341 g/mol. The lowest BCUT2D eigenvalue weighted by atomic mass is 9.77. The Labute approximate surface area is 132 Å². The lowest BCUT2D eigenvalue weighted by molar-refractivity contribution is -0.142. The van der Waals surface area contributed by atoms with Crippen LogP contribution in [0, 0.1) is 0 Å². The van der Waals surface area contributed by atoms with E-state index in [0.29, 0.717) is 12.1 Å². The average Bonchev–Trinajstić information content (AvgIpc) is 2.47. The van der Waals surface area contributed by atoms with E-state index in [1.807, 2.05) is 0 Å². The number of hydrogen-bond donors (Lipinski definition) is 2. The molecule has 0 heterocycles. The Balaban J connectivity index is 2.43. The zero-order valence-electron chi connectivity index (χ0n) is 11.7. The maximum atomic E-state index is 12.8. The van der Waals surface area contributed by atoms with Crippen molar-refractivity contribution in [2.24, 2.45) is 0 Å². The van der Waals surface area contributed by atoms with Crippen molar-refractivity contribution in [3.8, 4) is 11.5 Å². The van der Waals surface area contributed by atoms with Gasteiger partial charge in [0.15, 0.2) is 5.75 Å². The van der Waals surface area contributed by atoms with Gasteiger partial charge in [0, 0.05) is 0 Å². The van der Waals surface area contributed by atoms with Gasteiger partial charge in [-0.2, -0.15) is 26.3 Å². The number of benzene rings is 2. The molecule has 128 valence electrons. The summed E-state index contributed by atoms with van der Waals surface area (Å²) in [5, 5.41) is 19.3. The highest BCUT2D eigenvalue weighted by molar-refractivity contribution is 6.60. The van der Waals surface area contributed by atoms with Crippen LogP contribution in [0.25, 0.3) is 0 Å². The minimum absolute atomic E-state index is 0.0593. The zero-order chi connectivity index (χ0) is 18.1. The van der Waals surface area contributed by atoms with Gasteiger partial charge >= 0.3 is 19.5 Å². The molecule has 0 unspecified atom stereocenters. The topological polar surface area (TPSA) is 49.7 Å². The number of phenolic OH excluding ortho intramolecular Hbond substituents is 1. The fourth-order valence-electron chi connectivity index (χ4n) is 1.87. The largest absolute Gasteiger partial charge is 0.560 e. The molecule has 0 atom stereocenters. The molecule has 0 saturated heterocycles. The van der Waals surface area contributed by atoms with Gasteiger partial charge in [-0.25, -0.2) is 0 Å². The smallest absolute Gasteiger partial charge is 0.530 e. The molecule has 0 saturated carbocycles. The lowest BCUT2D eigenvalue weighted by Crippen LogP contribution is -2.38. The molecule has 0 aliphatic heterocycles. The van der Waals surface area contributed by atoms with Crippen molar-refractivity contribution < 1.29 is 41.1 Å². The van der Waals surface area contributed by atoms with Crippen molar-refractivity contribution in [2.75, 3.05) is 0 Å². The van der Waals surface area contributed by atoms with Gasteiger partial charge in [-0.3, -0.25) is 0 Å². The van der Waals surface area contributed by atoms with Gasteiger partial charge in [-0.1, -0.05) is 12.1 Å². The quantitative estimate of drug-likeness (QED) is 0.660. The van der Waals surface area contributed by atoms with E-state index < -0.39 is 41.8 Å². The molecule has 0 radical (unpaired) electrons. The summed E-state index contributed by atoms with van der Waals surface area (Å²) in [6.07, 6.45) is -10.1. The average molecular weight is 350 g/mol. The Morgan fingerprint density at radius 2 is 1.33 bits per heavy atom. The van der Waals surface area contributed by atoms with Crippen molar-refractivity contribution in [1.82, 2.24) is 0 Å². The van der Waals surface area contributed by atoms with E-state index in [0.717, 1.165) is 0 Å². The maximum Gasteiger partial charge on any atom is 0.560 e. The Morgan fingerprint density at radius 1 is 0.833 bits per heavy atom. The number of para-hydroxylation sites is 2. The number of alkyl halides is 6. The van der Waals surface area contributed by atoms with E-state index in [1.54, 1.807) is 0 Å². The van der Waals surface area contributed by atoms with Crippen LogP contribution in [0.15, 0.2) is 42.5 Å². The molecule has 0 spiro atoms. The Bertz CT molecular complexity index is 697. The van der Waals surface area contributed by atoms with Crippen LogP contribution >= 0.6 is 0 Å². The molecule has 2 N–H and O–H groups in total. The summed E-state index contributed by atoms with van der Waals surface area (Å²) in [6, 6.07) is 5.82. The molecule has 3 nitrogen and oxygen atoms in total. The molecule has 2 aromatic carbocycles. The predicted octanol–water partition coefficient (Wildman–Crippen LogP) is 3.20. The minimum atomic E-state index is -5.04. The first-order valence-corrected chi connectivity index (χ1v) is 6.40. The van der Waals surface area contributed by atoms with E-state index >= 15 is 0 Å². The maximum absolute atomic E-state index is 12.8. The van der Waals surface area contributed by atoms with Crippen LogP contribution in [0.5, 0.6) is 11.5 Å². The number of rotatable bonds is 3. The first-order valence-electron chi connectivity index (χ1n) is 6.40. The van der Waals surface area contributed by atoms with Crippen LogP contribution in [0.2, 0.25) is 0 Å². The molecule has 0 amide bonds. The molecule has 0 aromatic heterocycles. The fourth-order valence-corrected chi connectivity index (χ4v) is 1.87. The Morgan fingerprint density at radius 3 is 1.79 bits per heavy atom. The van der Waals surface area contributed by atoms with E-state index in [4.69, 9.17) is 4.65 Å². The van der Waals surface area contributed by atoms with E-state index in [2.05, 4.69) is 0 Å². The number of phenols is 1. The van der Waals surface area contributed by atoms with E-state index in [9.17, 15) is 36.5 Å². The second-order valence-corrected chi connectivity index (χ2v) is 4.78. The van der Waals surface area contributed by atoms with Crippen molar-refractivity contribution in [3.05, 3.63) is 53.6 Å². The summed E-state index contributed by atoms with van der Waals surface area (Å²) in [5.41, 5.74) is -3.90. The first kappa shape index (κ1) is 18.0. The van der Waals surface area contributed by atoms with Crippen molar-refractivity contribution in [1.29, 1.82) is 0 Å². The van der Waals surface area contributed by atoms with Gasteiger partial charge in [-0.05, 0) is 35.8 Å². The molecule has 24 heavy (non-hydrogen) atoms. The predicted molar refractivity (Wildman–Crippen MR) is 72.8 cm³/mol. The highest BCUT2D eigenvalue weighted by atomic mass is 19.4. The number of halogens is 6. The fraction of sp³-hybridized carbons (Fsp3) is 0.143. The molecule has 0 aliphatic carbocycles. The third-order valence-corrected chi connectivity index (χ3v) is 3.00. The third kappa shape index (κ3) is 4.13. The summed E-state index contributed by atoms with van der Waals surface area (Å²) in [5.74, 6) is -0.726. The SMILES string of the molecule is OB(Oc1ccccc1O)c1cc(C(F)(F)F)cc(C(F)(F)F)c1. The van der Waals surface area contributed by atoms with Gasteiger partial charge < -0.3 is 14.8 Å². The molecule has 0 fully saturated rings. The van der Waals surface area contributed by atoms with Gasteiger partial charge in [-0.15, -0.1) is 0 Å². The van der Waals surface area contributed by atoms with Crippen LogP contribution in [0.1, 0.15) is 11.1 Å². The van der Waals surface area contributed by atoms with Crippen LogP contribution in [-0.4, -0.2) is 17.2 Å². The molecular formula is C14H9BF6O3. The van der Waals surface area contributed by atoms with Crippen molar-refractivity contribution >= 4 is 12.6 Å². The molecule has 2 rings (SSSR count). The van der Waals surface area contributed by atoms with Gasteiger partial charge in [0.25, 0.3) is 0 Å². The monoisotopic (exact) mass is 350 g/mol. The lowest BCUT2D eigenvalue weighted by Gasteiger charge is -2.16. The summed E-state index contributed by atoms with van der Waals surface area (Å²) in [7, 11) is -2.14. The highest BCUT2D eigenvalue weighted by Gasteiger charge is 2.38. The summed E-state index contributed by atoms with van der Waals surface area (Å²) in [6.45, 7) is 0. The molecule has 0 bridgehead atoms. The van der Waals surface area contributed by atoms with Crippen molar-refractivity contribution in [3.63, 3.8) is 0 Å². The summed E-state index contributed by atoms with van der Waals surface area (Å²) >= 11 is 0. The van der Waals surface area contributed by atoms with Crippen LogP contribution in [-0.2, 0) is 12.4 Å². The third-order valence-electron chi connectivity index (χ3n) is 3.00. The normalized spacial score (nSPS) is 12.1. The van der Waals surface area contributed by atoms with Gasteiger partial charge in [0.1, 0.15) is 5.75 Å².